The van der Waals surface area contributed by atoms with Crippen LogP contribution in [0.5, 0.6) is 0 Å². The van der Waals surface area contributed by atoms with Gasteiger partial charge in [-0.1, -0.05) is 12.7 Å². The quantitative estimate of drug-likeness (QED) is 0.527. The molecular weight excluding hydrogens is 122 g/mol. The molecule has 1 aliphatic rings. The molecule has 0 aromatic carbocycles. The number of allylic oxidation sites excluding steroid dienone is 3. The summed E-state index contributed by atoms with van der Waals surface area (Å²) >= 11 is 0. The molecule has 56 valence electrons. The molecule has 0 radical (unpaired) electrons. The van der Waals surface area contributed by atoms with E-state index in [9.17, 15) is 0 Å². The first-order valence-corrected chi connectivity index (χ1v) is 3.89. The van der Waals surface area contributed by atoms with E-state index in [4.69, 9.17) is 0 Å². The van der Waals surface area contributed by atoms with Crippen molar-refractivity contribution in [3.8, 4) is 0 Å². The van der Waals surface area contributed by atoms with E-state index in [1.54, 1.807) is 0 Å². The summed E-state index contributed by atoms with van der Waals surface area (Å²) in [5.41, 5.74) is 1.35. The third-order valence-electron chi connectivity index (χ3n) is 1.96. The van der Waals surface area contributed by atoms with Crippen molar-refractivity contribution in [3.05, 3.63) is 24.4 Å². The van der Waals surface area contributed by atoms with Gasteiger partial charge in [-0.3, -0.25) is 0 Å². The zero-order chi connectivity index (χ0) is 7.40. The van der Waals surface area contributed by atoms with Crippen LogP contribution in [-0.4, -0.2) is 18.0 Å². The fourth-order valence-corrected chi connectivity index (χ4v) is 1.35. The Kier molecular flexibility index (Phi) is 2.55. The van der Waals surface area contributed by atoms with Crippen molar-refractivity contribution in [1.82, 2.24) is 4.90 Å². The minimum absolute atomic E-state index is 1.23. The summed E-state index contributed by atoms with van der Waals surface area (Å²) in [6, 6.07) is 0. The van der Waals surface area contributed by atoms with Crippen molar-refractivity contribution in [3.63, 3.8) is 0 Å². The fraction of sp³-hybridized carbons (Fsp3) is 0.556. The second-order valence-electron chi connectivity index (χ2n) is 2.74. The summed E-state index contributed by atoms with van der Waals surface area (Å²) in [6.07, 6.45) is 6.63. The number of hydrogen-bond acceptors (Lipinski definition) is 1. The highest BCUT2D eigenvalue weighted by Crippen LogP contribution is 2.13. The summed E-state index contributed by atoms with van der Waals surface area (Å²) in [7, 11) is 0. The molecule has 0 spiro atoms. The van der Waals surface area contributed by atoms with E-state index in [1.807, 2.05) is 6.08 Å². The highest BCUT2D eigenvalue weighted by molar-refractivity contribution is 5.07. The number of hydrogen-bond donors (Lipinski definition) is 0. The van der Waals surface area contributed by atoms with Gasteiger partial charge < -0.3 is 4.90 Å². The first-order valence-electron chi connectivity index (χ1n) is 3.89. The Hall–Kier alpha value is -0.720. The van der Waals surface area contributed by atoms with Crippen LogP contribution in [-0.2, 0) is 0 Å². The van der Waals surface area contributed by atoms with Crippen LogP contribution in [0.1, 0.15) is 19.8 Å². The molecule has 0 aromatic heterocycles. The normalized spacial score (nSPS) is 19.7. The van der Waals surface area contributed by atoms with Crippen LogP contribution in [0.4, 0.5) is 0 Å². The molecule has 0 aromatic rings. The Morgan fingerprint density at radius 1 is 1.40 bits per heavy atom. The van der Waals surface area contributed by atoms with Crippen molar-refractivity contribution in [2.24, 2.45) is 0 Å². The molecule has 0 bridgehead atoms. The second kappa shape index (κ2) is 3.45. The fourth-order valence-electron chi connectivity index (χ4n) is 1.35. The van der Waals surface area contributed by atoms with Gasteiger partial charge in [0.1, 0.15) is 0 Å². The summed E-state index contributed by atoms with van der Waals surface area (Å²) in [4.78, 5) is 2.40. The van der Waals surface area contributed by atoms with Crippen molar-refractivity contribution >= 4 is 0 Å². The molecule has 0 unspecified atom stereocenters. The minimum atomic E-state index is 1.23. The van der Waals surface area contributed by atoms with Crippen LogP contribution in [0.3, 0.4) is 0 Å². The number of rotatable bonds is 2. The molecule has 1 rings (SSSR count). The Morgan fingerprint density at radius 2 is 2.00 bits per heavy atom. The highest BCUT2D eigenvalue weighted by atomic mass is 15.1. The van der Waals surface area contributed by atoms with Gasteiger partial charge in [-0.2, -0.15) is 0 Å². The van der Waals surface area contributed by atoms with E-state index >= 15 is 0 Å². The van der Waals surface area contributed by atoms with Crippen LogP contribution in [0.2, 0.25) is 0 Å². The Bertz CT molecular complexity index is 141. The van der Waals surface area contributed by atoms with E-state index in [2.05, 4.69) is 24.5 Å². The lowest BCUT2D eigenvalue weighted by Crippen LogP contribution is -2.15. The van der Waals surface area contributed by atoms with Gasteiger partial charge in [0.15, 0.2) is 0 Å². The monoisotopic (exact) mass is 137 g/mol. The third kappa shape index (κ3) is 1.63. The van der Waals surface area contributed by atoms with Gasteiger partial charge in [0, 0.05) is 18.8 Å². The molecule has 1 heterocycles. The van der Waals surface area contributed by atoms with E-state index in [0.717, 1.165) is 0 Å². The minimum Gasteiger partial charge on any atom is -0.375 e. The van der Waals surface area contributed by atoms with Crippen LogP contribution in [0, 0.1) is 0 Å². The van der Waals surface area contributed by atoms with Gasteiger partial charge in [-0.05, 0) is 25.8 Å². The predicted molar refractivity (Wildman–Crippen MR) is 44.8 cm³/mol. The van der Waals surface area contributed by atoms with Crippen molar-refractivity contribution in [1.29, 1.82) is 0 Å². The summed E-state index contributed by atoms with van der Waals surface area (Å²) in [6.45, 7) is 8.28. The molecule has 0 N–H and O–H groups in total. The first-order chi connectivity index (χ1) is 4.84. The molecule has 1 nitrogen and oxygen atoms in total. The second-order valence-corrected chi connectivity index (χ2v) is 2.74. The van der Waals surface area contributed by atoms with Crippen LogP contribution in [0.15, 0.2) is 24.4 Å². The highest BCUT2D eigenvalue weighted by Gasteiger charge is 2.09. The lowest BCUT2D eigenvalue weighted by atomic mass is 10.4. The number of likely N-dealkylation sites (tertiary alicyclic amines) is 1. The molecule has 1 aliphatic heterocycles. The van der Waals surface area contributed by atoms with Crippen LogP contribution >= 0.6 is 0 Å². The van der Waals surface area contributed by atoms with Gasteiger partial charge in [0.25, 0.3) is 0 Å². The zero-order valence-electron chi connectivity index (χ0n) is 6.64. The first kappa shape index (κ1) is 7.39. The largest absolute Gasteiger partial charge is 0.375 e. The van der Waals surface area contributed by atoms with E-state index in [1.165, 1.54) is 31.6 Å². The summed E-state index contributed by atoms with van der Waals surface area (Å²) in [5.74, 6) is 0. The third-order valence-corrected chi connectivity index (χ3v) is 1.96. The van der Waals surface area contributed by atoms with Crippen molar-refractivity contribution in [2.75, 3.05) is 13.1 Å². The maximum absolute atomic E-state index is 3.67. The Labute approximate surface area is 63.0 Å². The lowest BCUT2D eigenvalue weighted by Gasteiger charge is -2.16. The maximum Gasteiger partial charge on any atom is 0.0175 e. The summed E-state index contributed by atoms with van der Waals surface area (Å²) < 4.78 is 0. The van der Waals surface area contributed by atoms with Crippen molar-refractivity contribution in [2.45, 2.75) is 19.8 Å². The van der Waals surface area contributed by atoms with Gasteiger partial charge in [0.2, 0.25) is 0 Å². The maximum atomic E-state index is 3.67. The Morgan fingerprint density at radius 3 is 2.50 bits per heavy atom. The van der Waals surface area contributed by atoms with E-state index < -0.39 is 0 Å². The Balaban J connectivity index is 2.46. The zero-order valence-corrected chi connectivity index (χ0v) is 6.64. The molecule has 0 saturated carbocycles. The van der Waals surface area contributed by atoms with Gasteiger partial charge in [-0.25, -0.2) is 0 Å². The molecule has 0 aliphatic carbocycles. The van der Waals surface area contributed by atoms with E-state index in [0.29, 0.717) is 0 Å². The van der Waals surface area contributed by atoms with Crippen LogP contribution in [0.25, 0.3) is 0 Å². The van der Waals surface area contributed by atoms with Crippen molar-refractivity contribution < 1.29 is 0 Å². The van der Waals surface area contributed by atoms with Gasteiger partial charge >= 0.3 is 0 Å². The molecule has 1 saturated heterocycles. The molecule has 0 amide bonds. The molecule has 0 atom stereocenters. The van der Waals surface area contributed by atoms with Crippen LogP contribution < -0.4 is 0 Å². The molecule has 10 heavy (non-hydrogen) atoms. The summed E-state index contributed by atoms with van der Waals surface area (Å²) in [5, 5.41) is 0. The van der Waals surface area contributed by atoms with E-state index in [-0.39, 0.29) is 0 Å². The SMILES string of the molecule is C=C/C=C(/C)N1CCCC1. The molecule has 1 fully saturated rings. The van der Waals surface area contributed by atoms with Gasteiger partial charge in [0.05, 0.1) is 0 Å². The number of nitrogens with zero attached hydrogens (tertiary/aromatic N) is 1. The predicted octanol–water partition coefficient (Wildman–Crippen LogP) is 2.17. The molecule has 1 heteroatoms. The lowest BCUT2D eigenvalue weighted by molar-refractivity contribution is 0.428. The topological polar surface area (TPSA) is 3.24 Å². The van der Waals surface area contributed by atoms with Gasteiger partial charge in [-0.15, -0.1) is 0 Å². The average Bonchev–Trinajstić information content (AvgIpc) is 2.38. The molecular formula is C9H15N. The average molecular weight is 137 g/mol. The smallest absolute Gasteiger partial charge is 0.0175 e. The standard InChI is InChI=1S/C9H15N/c1-3-6-9(2)10-7-4-5-8-10/h3,6H,1,4-5,7-8H2,2H3/b9-6-.